The van der Waals surface area contributed by atoms with Crippen LogP contribution in [-0.2, 0) is 27.3 Å². The number of nitrogens with zero attached hydrogens (tertiary/aromatic N) is 3. The first-order valence-electron chi connectivity index (χ1n) is 14.7. The molecule has 0 unspecified atom stereocenters. The fourth-order valence-corrected chi connectivity index (χ4v) is 5.46. The van der Waals surface area contributed by atoms with E-state index in [4.69, 9.17) is 29.8 Å². The second kappa shape index (κ2) is 12.7. The fraction of sp³-hybridized carbons (Fsp3) is 0.324. The molecule has 222 valence electrons. The molecule has 0 radical (unpaired) electrons. The molecule has 6 rings (SSSR count). The van der Waals surface area contributed by atoms with Gasteiger partial charge in [-0.15, -0.1) is 0 Å². The highest BCUT2D eigenvalue weighted by atomic mass is 16.5. The lowest BCUT2D eigenvalue weighted by atomic mass is 9.93. The van der Waals surface area contributed by atoms with E-state index in [1.165, 1.54) is 6.42 Å². The van der Waals surface area contributed by atoms with Gasteiger partial charge in [-0.25, -0.2) is 4.98 Å². The fourth-order valence-electron chi connectivity index (χ4n) is 5.46. The molecule has 0 amide bonds. The van der Waals surface area contributed by atoms with E-state index in [9.17, 15) is 4.79 Å². The Morgan fingerprint density at radius 3 is 2.56 bits per heavy atom. The summed E-state index contributed by atoms with van der Waals surface area (Å²) < 4.78 is 24.7. The highest BCUT2D eigenvalue weighted by Crippen LogP contribution is 2.37. The summed E-state index contributed by atoms with van der Waals surface area (Å²) in [6.45, 7) is 3.28. The van der Waals surface area contributed by atoms with Crippen molar-refractivity contribution in [2.75, 3.05) is 32.7 Å². The minimum Gasteiger partial charge on any atom is -0.491 e. The van der Waals surface area contributed by atoms with E-state index in [0.717, 1.165) is 51.3 Å². The van der Waals surface area contributed by atoms with Crippen molar-refractivity contribution in [1.82, 2.24) is 14.8 Å². The Labute approximate surface area is 250 Å². The van der Waals surface area contributed by atoms with Crippen LogP contribution in [0.4, 0.5) is 5.82 Å². The number of fused-ring (bicyclic) bond motifs is 2. The summed E-state index contributed by atoms with van der Waals surface area (Å²) in [5, 5.41) is 8.02. The van der Waals surface area contributed by atoms with E-state index in [0.29, 0.717) is 55.3 Å². The van der Waals surface area contributed by atoms with Gasteiger partial charge in [0, 0.05) is 29.6 Å². The molecule has 2 N–H and O–H groups in total. The van der Waals surface area contributed by atoms with Crippen LogP contribution in [0.5, 0.6) is 11.5 Å². The molecule has 2 heterocycles. The highest BCUT2D eigenvalue weighted by molar-refractivity contribution is 5.95. The van der Waals surface area contributed by atoms with Gasteiger partial charge in [0.05, 0.1) is 36.9 Å². The summed E-state index contributed by atoms with van der Waals surface area (Å²) in [6, 6.07) is 20.4. The number of anilines is 1. The van der Waals surface area contributed by atoms with E-state index in [-0.39, 0.29) is 12.4 Å². The van der Waals surface area contributed by atoms with Crippen LogP contribution in [0, 0.1) is 0 Å². The predicted molar refractivity (Wildman–Crippen MR) is 166 cm³/mol. The number of aromatic nitrogens is 3. The number of hydrogen-bond donors (Lipinski definition) is 1. The third-order valence-electron chi connectivity index (χ3n) is 7.94. The topological polar surface area (TPSA) is 111 Å². The molecule has 3 aromatic carbocycles. The van der Waals surface area contributed by atoms with Gasteiger partial charge in [-0.3, -0.25) is 9.48 Å². The molecule has 0 aliphatic heterocycles. The third kappa shape index (κ3) is 6.12. The van der Waals surface area contributed by atoms with Gasteiger partial charge in [-0.05, 0) is 85.2 Å². The average Bonchev–Trinajstić information content (AvgIpc) is 3.33. The Balaban J connectivity index is 1.34. The SMILES string of the molecule is CCOC(=O)Cc1cc(OCCOC)ccc1OCc1c2cc(-c3ccc4ccnc(N)c4c3)ccc2nn1C1CCC1. The molecule has 1 saturated carbocycles. The Morgan fingerprint density at radius 1 is 0.977 bits per heavy atom. The molecular weight excluding hydrogens is 544 g/mol. The smallest absolute Gasteiger partial charge is 0.310 e. The molecule has 43 heavy (non-hydrogen) atoms. The summed E-state index contributed by atoms with van der Waals surface area (Å²) in [5.41, 5.74) is 10.9. The van der Waals surface area contributed by atoms with E-state index < -0.39 is 0 Å². The quantitative estimate of drug-likeness (QED) is 0.136. The number of rotatable bonds is 12. The summed E-state index contributed by atoms with van der Waals surface area (Å²) in [7, 11) is 1.63. The van der Waals surface area contributed by atoms with Crippen LogP contribution in [0.15, 0.2) is 66.9 Å². The lowest BCUT2D eigenvalue weighted by molar-refractivity contribution is -0.142. The second-order valence-corrected chi connectivity index (χ2v) is 10.7. The standard InChI is InChI=1S/C34H36N4O5/c1-3-41-33(39)20-25-17-27(42-16-15-40-2)10-12-32(25)43-21-31-29-19-24(9-11-30(29)37-38(31)26-5-4-6-26)23-8-7-22-13-14-36-34(35)28(22)18-23/h7-14,17-19,26H,3-6,15-16,20-21H2,1-2H3,(H2,35,36). The van der Waals surface area contributed by atoms with E-state index in [1.807, 2.05) is 24.3 Å². The Kier molecular flexibility index (Phi) is 8.42. The highest BCUT2D eigenvalue weighted by Gasteiger charge is 2.25. The number of nitrogen functional groups attached to an aromatic ring is 1. The number of nitrogens with two attached hydrogens (primary N) is 1. The van der Waals surface area contributed by atoms with Crippen molar-refractivity contribution in [3.63, 3.8) is 0 Å². The number of benzene rings is 3. The normalized spacial score (nSPS) is 13.3. The first-order valence-corrected chi connectivity index (χ1v) is 14.7. The third-order valence-corrected chi connectivity index (χ3v) is 7.94. The van der Waals surface area contributed by atoms with Gasteiger partial charge in [0.2, 0.25) is 0 Å². The Hall–Kier alpha value is -4.63. The summed E-state index contributed by atoms with van der Waals surface area (Å²) in [4.78, 5) is 16.7. The predicted octanol–water partition coefficient (Wildman–Crippen LogP) is 6.27. The summed E-state index contributed by atoms with van der Waals surface area (Å²) in [5.74, 6) is 1.45. The van der Waals surface area contributed by atoms with Crippen molar-refractivity contribution in [3.05, 3.63) is 78.1 Å². The minimum atomic E-state index is -0.317. The molecule has 9 nitrogen and oxygen atoms in total. The molecule has 2 aromatic heterocycles. The monoisotopic (exact) mass is 580 g/mol. The number of methoxy groups -OCH3 is 1. The first kappa shape index (κ1) is 28.5. The van der Waals surface area contributed by atoms with Crippen molar-refractivity contribution in [3.8, 4) is 22.6 Å². The van der Waals surface area contributed by atoms with Gasteiger partial charge in [-0.2, -0.15) is 5.10 Å². The van der Waals surface area contributed by atoms with Gasteiger partial charge in [0.15, 0.2) is 0 Å². The molecule has 1 aliphatic rings. The average molecular weight is 581 g/mol. The van der Waals surface area contributed by atoms with Crippen LogP contribution in [0.25, 0.3) is 32.8 Å². The molecule has 0 bridgehead atoms. The zero-order valence-corrected chi connectivity index (χ0v) is 24.5. The van der Waals surface area contributed by atoms with Crippen LogP contribution in [0.1, 0.15) is 43.5 Å². The molecule has 1 fully saturated rings. The van der Waals surface area contributed by atoms with Crippen molar-refractivity contribution in [2.45, 2.75) is 45.3 Å². The lowest BCUT2D eigenvalue weighted by Crippen LogP contribution is -2.21. The van der Waals surface area contributed by atoms with Crippen LogP contribution in [0.2, 0.25) is 0 Å². The minimum absolute atomic E-state index is 0.0807. The molecule has 0 spiro atoms. The number of carbonyl (C=O) groups is 1. The van der Waals surface area contributed by atoms with E-state index >= 15 is 0 Å². The van der Waals surface area contributed by atoms with Gasteiger partial charge < -0.3 is 24.7 Å². The van der Waals surface area contributed by atoms with Crippen LogP contribution < -0.4 is 15.2 Å². The number of ether oxygens (including phenoxy) is 4. The number of pyridine rings is 1. The maximum absolute atomic E-state index is 12.4. The maximum Gasteiger partial charge on any atom is 0.310 e. The van der Waals surface area contributed by atoms with Gasteiger partial charge in [-0.1, -0.05) is 18.2 Å². The Bertz CT molecular complexity index is 1760. The number of hydrogen-bond acceptors (Lipinski definition) is 8. The van der Waals surface area contributed by atoms with Crippen LogP contribution >= 0.6 is 0 Å². The van der Waals surface area contributed by atoms with Gasteiger partial charge in [0.25, 0.3) is 0 Å². The van der Waals surface area contributed by atoms with Crippen LogP contribution in [0.3, 0.4) is 0 Å². The second-order valence-electron chi connectivity index (χ2n) is 10.7. The van der Waals surface area contributed by atoms with Gasteiger partial charge in [0.1, 0.15) is 30.5 Å². The van der Waals surface area contributed by atoms with Gasteiger partial charge >= 0.3 is 5.97 Å². The molecule has 9 heteroatoms. The van der Waals surface area contributed by atoms with Crippen molar-refractivity contribution >= 4 is 33.5 Å². The lowest BCUT2D eigenvalue weighted by Gasteiger charge is -2.27. The molecule has 5 aromatic rings. The Morgan fingerprint density at radius 2 is 1.79 bits per heavy atom. The summed E-state index contributed by atoms with van der Waals surface area (Å²) in [6.07, 6.45) is 5.17. The summed E-state index contributed by atoms with van der Waals surface area (Å²) >= 11 is 0. The zero-order chi connectivity index (χ0) is 29.8. The van der Waals surface area contributed by atoms with Crippen molar-refractivity contribution in [2.24, 2.45) is 0 Å². The molecule has 0 atom stereocenters. The number of carbonyl (C=O) groups excluding carboxylic acids is 1. The largest absolute Gasteiger partial charge is 0.491 e. The molecular formula is C34H36N4O5. The van der Waals surface area contributed by atoms with Crippen molar-refractivity contribution in [1.29, 1.82) is 0 Å². The molecule has 0 saturated heterocycles. The van der Waals surface area contributed by atoms with Crippen LogP contribution in [-0.4, -0.2) is 47.7 Å². The number of esters is 1. The van der Waals surface area contributed by atoms with E-state index in [2.05, 4.69) is 46.1 Å². The maximum atomic E-state index is 12.4. The first-order chi connectivity index (χ1) is 21.0. The zero-order valence-electron chi connectivity index (χ0n) is 24.5. The van der Waals surface area contributed by atoms with E-state index in [1.54, 1.807) is 20.2 Å². The van der Waals surface area contributed by atoms with Crippen molar-refractivity contribution < 1.29 is 23.7 Å². The molecule has 1 aliphatic carbocycles.